The topological polar surface area (TPSA) is 197 Å². The lowest BCUT2D eigenvalue weighted by Crippen LogP contribution is -2.58. The van der Waals surface area contributed by atoms with Crippen LogP contribution in [0.15, 0.2) is 59.7 Å². The van der Waals surface area contributed by atoms with E-state index in [1.807, 2.05) is 38.1 Å². The van der Waals surface area contributed by atoms with Crippen LogP contribution < -0.4 is 10.8 Å². The van der Waals surface area contributed by atoms with Crippen molar-refractivity contribution in [1.82, 2.24) is 9.55 Å². The average molecular weight is 543 g/mol. The van der Waals surface area contributed by atoms with E-state index in [4.69, 9.17) is 15.3 Å². The first-order valence-electron chi connectivity index (χ1n) is 12.1. The molecule has 40 heavy (non-hydrogen) atoms. The van der Waals surface area contributed by atoms with Crippen LogP contribution in [0, 0.1) is 36.5 Å². The number of aliphatic hydroxyl groups excluding tert-OH is 3. The van der Waals surface area contributed by atoms with Gasteiger partial charge in [0.15, 0.2) is 17.8 Å². The summed E-state index contributed by atoms with van der Waals surface area (Å²) in [7, 11) is 0. The van der Waals surface area contributed by atoms with Crippen molar-refractivity contribution < 1.29 is 30.0 Å². The fraction of sp³-hybridized carbons (Fsp3) is 0.250. The zero-order chi connectivity index (χ0) is 29.0. The highest BCUT2D eigenvalue weighted by Crippen LogP contribution is 2.31. The second-order valence-electron chi connectivity index (χ2n) is 9.17. The molecule has 0 radical (unpaired) electrons. The van der Waals surface area contributed by atoms with Gasteiger partial charge in [-0.15, -0.1) is 0 Å². The molecule has 0 spiro atoms. The Hall–Kier alpha value is -4.85. The van der Waals surface area contributed by atoms with Crippen LogP contribution in [0.5, 0.6) is 0 Å². The Kier molecular flexibility index (Phi) is 8.38. The Labute approximate surface area is 229 Å². The van der Waals surface area contributed by atoms with E-state index in [0.717, 1.165) is 16.7 Å². The molecule has 3 unspecified atom stereocenters. The molecule has 2 aromatic carbocycles. The highest BCUT2D eigenvalue weighted by atomic mass is 16.6. The van der Waals surface area contributed by atoms with Crippen molar-refractivity contribution in [3.8, 4) is 12.1 Å². The van der Waals surface area contributed by atoms with E-state index in [-0.39, 0.29) is 11.4 Å². The molecule has 0 aliphatic carbocycles. The first-order chi connectivity index (χ1) is 19.1. The molecular weight excluding hydrogens is 516 g/mol. The number of anilines is 2. The number of hydrogen-bond acceptors (Lipinski definition) is 10. The summed E-state index contributed by atoms with van der Waals surface area (Å²) in [5, 5.41) is 61.6. The van der Waals surface area contributed by atoms with Crippen LogP contribution in [-0.2, 0) is 9.53 Å². The highest BCUT2D eigenvalue weighted by Gasteiger charge is 2.48. The molecule has 1 aromatic heterocycles. The first kappa shape index (κ1) is 28.2. The summed E-state index contributed by atoms with van der Waals surface area (Å²) >= 11 is 0. The number of aliphatic hydroxyl groups is 3. The Morgan fingerprint density at radius 3 is 2.35 bits per heavy atom. The number of ether oxygens (including phenoxy) is 1. The average Bonchev–Trinajstić information content (AvgIpc) is 2.93. The van der Waals surface area contributed by atoms with E-state index >= 15 is 0 Å². The molecule has 12 nitrogen and oxygen atoms in total. The standard InChI is InChI=1S/C28H26N6O6/c1-15-12-18(4-3-10-29)13-16(2)21(15)32-20-9-11-34(26-24(37)22(35)23(36)25(40-26)27(38)39)28(33-20)31-19-7-5-17(14-30)6-8-19/h3-9,11-13,22-26,35-37H,1-2H3,(H,38,39)(H,31,32,33)/b4-3+/t22?,23-,24?,25?,26+/m0/s1. The largest absolute Gasteiger partial charge is 0.479 e. The normalized spacial score (nSPS) is 23.0. The molecule has 3 aromatic rings. The van der Waals surface area contributed by atoms with E-state index in [9.17, 15) is 25.2 Å². The van der Waals surface area contributed by atoms with Gasteiger partial charge in [-0.1, -0.05) is 0 Å². The number of nitriles is 2. The minimum absolute atomic E-state index is 0.0756. The van der Waals surface area contributed by atoms with Crippen LogP contribution in [0.3, 0.4) is 0 Å². The second-order valence-corrected chi connectivity index (χ2v) is 9.17. The van der Waals surface area contributed by atoms with Crippen LogP contribution in [-0.4, -0.2) is 60.4 Å². The number of carboxylic acid groups (broad SMARTS) is 1. The van der Waals surface area contributed by atoms with E-state index in [1.54, 1.807) is 30.3 Å². The number of benzene rings is 2. The van der Waals surface area contributed by atoms with Gasteiger partial charge in [0.2, 0.25) is 5.95 Å². The Bertz CT molecular complexity index is 1580. The van der Waals surface area contributed by atoms with Crippen molar-refractivity contribution in [1.29, 1.82) is 10.5 Å². The maximum atomic E-state index is 11.7. The summed E-state index contributed by atoms with van der Waals surface area (Å²) in [5.41, 5.74) is 4.38. The van der Waals surface area contributed by atoms with Crippen LogP contribution >= 0.6 is 0 Å². The number of carbonyl (C=O) groups is 1. The smallest absolute Gasteiger partial charge is 0.335 e. The fourth-order valence-electron chi connectivity index (χ4n) is 4.34. The first-order valence-corrected chi connectivity index (χ1v) is 12.1. The molecule has 5 N–H and O–H groups in total. The molecule has 5 atom stereocenters. The predicted molar refractivity (Wildman–Crippen MR) is 142 cm³/mol. The Morgan fingerprint density at radius 2 is 1.75 bits per heavy atom. The van der Waals surface area contributed by atoms with Crippen molar-refractivity contribution in [2.75, 3.05) is 5.32 Å². The number of rotatable bonds is 6. The lowest BCUT2D eigenvalue weighted by molar-refractivity contribution is -0.246. The molecule has 204 valence electrons. The number of aromatic nitrogens is 2. The minimum Gasteiger partial charge on any atom is -0.479 e. The molecule has 2 heterocycles. The third kappa shape index (κ3) is 5.91. The SMILES string of the molecule is Cc1cc(/C=C/C#N)cc(C)c1N=c1ccn([C@@H]2OC(C(=O)O)[C@@H](O)C(O)C2O)c(Nc2ccc(C#N)cc2)n1. The maximum absolute atomic E-state index is 11.7. The van der Waals surface area contributed by atoms with Crippen LogP contribution in [0.4, 0.5) is 17.3 Å². The molecule has 0 saturated carbocycles. The van der Waals surface area contributed by atoms with Crippen LogP contribution in [0.2, 0.25) is 0 Å². The molecular formula is C28H26N6O6. The van der Waals surface area contributed by atoms with Gasteiger partial charge in [0, 0.05) is 18.0 Å². The monoisotopic (exact) mass is 542 g/mol. The van der Waals surface area contributed by atoms with Crippen LogP contribution in [0.1, 0.15) is 28.5 Å². The number of aliphatic carboxylic acids is 1. The van der Waals surface area contributed by atoms with E-state index in [2.05, 4.69) is 15.3 Å². The molecule has 12 heteroatoms. The zero-order valence-electron chi connectivity index (χ0n) is 21.5. The van der Waals surface area contributed by atoms with Crippen molar-refractivity contribution >= 4 is 29.4 Å². The second kappa shape index (κ2) is 11.9. The Balaban J connectivity index is 1.82. The van der Waals surface area contributed by atoms with E-state index in [0.29, 0.717) is 16.9 Å². The summed E-state index contributed by atoms with van der Waals surface area (Å²) in [5.74, 6) is -1.43. The van der Waals surface area contributed by atoms with Crippen molar-refractivity contribution in [3.63, 3.8) is 0 Å². The zero-order valence-corrected chi connectivity index (χ0v) is 21.5. The van der Waals surface area contributed by atoms with Gasteiger partial charge in [-0.2, -0.15) is 15.5 Å². The van der Waals surface area contributed by atoms with Gasteiger partial charge in [-0.05, 0) is 79.1 Å². The lowest BCUT2D eigenvalue weighted by Gasteiger charge is -2.40. The summed E-state index contributed by atoms with van der Waals surface area (Å²) < 4.78 is 6.80. The summed E-state index contributed by atoms with van der Waals surface area (Å²) in [4.78, 5) is 20.9. The molecule has 0 bridgehead atoms. The van der Waals surface area contributed by atoms with Crippen molar-refractivity contribution in [3.05, 3.63) is 82.5 Å². The third-order valence-electron chi connectivity index (χ3n) is 6.32. The number of aryl methyl sites for hydroxylation is 2. The summed E-state index contributed by atoms with van der Waals surface area (Å²) in [6, 6.07) is 15.7. The predicted octanol–water partition coefficient (Wildman–Crippen LogP) is 1.95. The van der Waals surface area contributed by atoms with Gasteiger partial charge in [-0.25, -0.2) is 9.79 Å². The van der Waals surface area contributed by atoms with Gasteiger partial charge >= 0.3 is 5.97 Å². The molecule has 4 rings (SSSR count). The van der Waals surface area contributed by atoms with Gasteiger partial charge in [0.25, 0.3) is 0 Å². The molecule has 1 aliphatic rings. The number of carboxylic acids is 1. The maximum Gasteiger partial charge on any atom is 0.335 e. The van der Waals surface area contributed by atoms with E-state index in [1.165, 1.54) is 22.9 Å². The molecule has 1 fully saturated rings. The number of allylic oxidation sites excluding steroid dienone is 1. The minimum atomic E-state index is -1.85. The molecule has 0 amide bonds. The summed E-state index contributed by atoms with van der Waals surface area (Å²) in [6.07, 6.45) is -4.05. The quantitative estimate of drug-likeness (QED) is 0.287. The Morgan fingerprint density at radius 1 is 1.07 bits per heavy atom. The molecule has 1 saturated heterocycles. The van der Waals surface area contributed by atoms with Crippen LogP contribution in [0.25, 0.3) is 6.08 Å². The number of nitrogens with one attached hydrogen (secondary N) is 1. The molecule has 1 aliphatic heterocycles. The number of hydrogen-bond donors (Lipinski definition) is 5. The fourth-order valence-corrected chi connectivity index (χ4v) is 4.34. The van der Waals surface area contributed by atoms with Crippen molar-refractivity contribution in [2.24, 2.45) is 4.99 Å². The third-order valence-corrected chi connectivity index (χ3v) is 6.32. The summed E-state index contributed by atoms with van der Waals surface area (Å²) in [6.45, 7) is 3.75. The number of nitrogens with zero attached hydrogens (tertiary/aromatic N) is 5. The van der Waals surface area contributed by atoms with Gasteiger partial charge in [-0.3, -0.25) is 4.57 Å². The van der Waals surface area contributed by atoms with Crippen molar-refractivity contribution in [2.45, 2.75) is 44.5 Å². The van der Waals surface area contributed by atoms with Gasteiger partial charge in [0.05, 0.1) is 23.4 Å². The highest BCUT2D eigenvalue weighted by molar-refractivity contribution is 5.73. The van der Waals surface area contributed by atoms with Gasteiger partial charge < -0.3 is 30.5 Å². The van der Waals surface area contributed by atoms with E-state index < -0.39 is 36.6 Å². The lowest BCUT2D eigenvalue weighted by atomic mass is 9.98. The van der Waals surface area contributed by atoms with Gasteiger partial charge in [0.1, 0.15) is 18.3 Å².